The Balaban J connectivity index is 1.95. The van der Waals surface area contributed by atoms with Gasteiger partial charge in [0.15, 0.2) is 11.9 Å². The lowest BCUT2D eigenvalue weighted by atomic mass is 9.94. The molecule has 38 nitrogen and oxygen atoms in total. The van der Waals surface area contributed by atoms with Crippen LogP contribution in [0.3, 0.4) is 0 Å². The molecule has 25 N–H and O–H groups in total. The van der Waals surface area contributed by atoms with E-state index in [1.165, 1.54) is 12.5 Å². The molecule has 14 unspecified atom stereocenters. The number of thioether (sulfide) groups is 1. The van der Waals surface area contributed by atoms with Crippen LogP contribution in [-0.2, 0) is 91.2 Å². The average Bonchev–Trinajstić information content (AvgIpc) is 0.963. The van der Waals surface area contributed by atoms with Crippen LogP contribution in [0.1, 0.15) is 137 Å². The van der Waals surface area contributed by atoms with Gasteiger partial charge in [0.05, 0.1) is 25.0 Å². The van der Waals surface area contributed by atoms with Gasteiger partial charge in [-0.2, -0.15) is 0 Å². The maximum Gasteiger partial charge on any atom is 0.305 e. The quantitative estimate of drug-likeness (QED) is 0.0201. The van der Waals surface area contributed by atoms with Crippen molar-refractivity contribution in [3.8, 4) is 0 Å². The number of nitrogens with zero attached hydrogens (tertiary/aromatic N) is 3. The number of imidazole rings is 1. The van der Waals surface area contributed by atoms with Crippen LogP contribution in [0.15, 0.2) is 83.2 Å². The average molecular weight is 1610 g/mol. The Morgan fingerprint density at radius 1 is 0.491 bits per heavy atom. The van der Waals surface area contributed by atoms with E-state index in [0.29, 0.717) is 17.5 Å². The molecule has 1 aliphatic heterocycles. The molecule has 1 aliphatic rings. The van der Waals surface area contributed by atoms with Gasteiger partial charge in [-0.15, -0.1) is 11.8 Å². The van der Waals surface area contributed by atoms with Crippen molar-refractivity contribution in [1.29, 1.82) is 0 Å². The van der Waals surface area contributed by atoms with Crippen molar-refractivity contribution in [1.82, 2.24) is 79.1 Å². The highest BCUT2D eigenvalue weighted by molar-refractivity contribution is 8.00. The minimum absolute atomic E-state index is 0.0201. The predicted molar refractivity (Wildman–Crippen MR) is 425 cm³/mol. The van der Waals surface area contributed by atoms with E-state index in [1.54, 1.807) is 130 Å². The van der Waals surface area contributed by atoms with E-state index in [1.807, 2.05) is 0 Å². The predicted octanol–water partition coefficient (Wildman–Crippen LogP) is -3.36. The zero-order chi connectivity index (χ0) is 84.9. The molecule has 14 amide bonds. The van der Waals surface area contributed by atoms with Crippen LogP contribution in [0.5, 0.6) is 0 Å². The molecule has 39 heteroatoms. The standard InChI is InChI=1S/C75H116N22O16S/c1-11-42(9)60-72(112)92-52(32-46-34-81-38-85-46)67(107)90-53(33-57(100)101)68(108)88-48(26-20-28-83-75(79)80)64(104)94-58(40(5)6)70(110)91-51(31-45-23-17-14-18-24-45)66(106)87-47(25-19-27-82-74(77)78)63(103)93-54(62(102)84-35-55(76)98)36-114-37-56(99)86-50(30-44-21-15-13-16-22-44)65(105)89-49(29-39(3)4)69(109)96-61(43(10)12-2)73(113)95-59(41(7)8)71(111)97-60/h13-18,21-24,34,38-43,47-54,58-61H,11-12,19-20,25-33,35-37H2,1-10H3,(H2,76,98)(H,81,85)(H,84,102)(H,86,99)(H,87,106)(H,88,108)(H,89,105)(H,90,107)(H,91,110)(H,92,112)(H,93,103)(H,94,104)(H,95,113)(H,96,109)(H,97,111)(H,100,101)(H4,77,78,82)(H4,79,80,83). The van der Waals surface area contributed by atoms with Gasteiger partial charge >= 0.3 is 5.97 Å². The molecule has 0 aliphatic carbocycles. The summed E-state index contributed by atoms with van der Waals surface area (Å²) >= 11 is 0.815. The number of hydrogen-bond acceptors (Lipinski definition) is 19. The molecule has 1 aromatic heterocycles. The second kappa shape index (κ2) is 48.5. The zero-order valence-corrected chi connectivity index (χ0v) is 67.1. The Kier molecular flexibility index (Phi) is 40.4. The molecule has 2 aromatic carbocycles. The number of aliphatic carboxylic acids is 1. The fraction of sp³-hybridized carbons (Fsp3) is 0.573. The molecule has 0 spiro atoms. The lowest BCUT2D eigenvalue weighted by Gasteiger charge is -2.32. The summed E-state index contributed by atoms with van der Waals surface area (Å²) in [5.74, 6) is -19.3. The molecule has 628 valence electrons. The van der Waals surface area contributed by atoms with Crippen LogP contribution in [0.2, 0.25) is 0 Å². The van der Waals surface area contributed by atoms with Gasteiger partial charge in [-0.25, -0.2) is 4.98 Å². The maximum absolute atomic E-state index is 15.0. The lowest BCUT2D eigenvalue weighted by molar-refractivity contribution is -0.142. The summed E-state index contributed by atoms with van der Waals surface area (Å²) in [4.78, 5) is 230. The van der Waals surface area contributed by atoms with E-state index in [4.69, 9.17) is 28.7 Å². The fourth-order valence-corrected chi connectivity index (χ4v) is 12.8. The van der Waals surface area contributed by atoms with Crippen molar-refractivity contribution < 1.29 is 77.0 Å². The molecular formula is C75H116N22O16S. The molecular weight excluding hydrogens is 1500 g/mol. The number of carbonyl (C=O) groups excluding carboxylic acids is 14. The molecule has 14 atom stereocenters. The van der Waals surface area contributed by atoms with Crippen LogP contribution in [0, 0.1) is 29.6 Å². The number of primary amides is 1. The third kappa shape index (κ3) is 33.5. The summed E-state index contributed by atoms with van der Waals surface area (Å²) in [5, 5.41) is 44.6. The van der Waals surface area contributed by atoms with E-state index in [0.717, 1.165) is 11.8 Å². The van der Waals surface area contributed by atoms with Crippen LogP contribution >= 0.6 is 11.8 Å². The summed E-state index contributed by atoms with van der Waals surface area (Å²) < 4.78 is 0. The number of aromatic nitrogens is 2. The summed E-state index contributed by atoms with van der Waals surface area (Å²) in [6, 6.07) is -1.51. The van der Waals surface area contributed by atoms with Gasteiger partial charge in [0.25, 0.3) is 0 Å². The van der Waals surface area contributed by atoms with Gasteiger partial charge < -0.3 is 108 Å². The Bertz CT molecular complexity index is 3790. The Labute approximate surface area is 667 Å². The number of benzene rings is 2. The first-order valence-electron chi connectivity index (χ1n) is 38.1. The van der Waals surface area contributed by atoms with Crippen molar-refractivity contribution in [2.45, 2.75) is 212 Å². The third-order valence-electron chi connectivity index (χ3n) is 18.6. The van der Waals surface area contributed by atoms with Crippen molar-refractivity contribution in [3.63, 3.8) is 0 Å². The van der Waals surface area contributed by atoms with Gasteiger partial charge in [0.2, 0.25) is 82.7 Å². The van der Waals surface area contributed by atoms with Crippen molar-refractivity contribution in [2.24, 2.45) is 68.2 Å². The van der Waals surface area contributed by atoms with Crippen molar-refractivity contribution >= 4 is 112 Å². The van der Waals surface area contributed by atoms with E-state index < -0.39 is 209 Å². The fourth-order valence-electron chi connectivity index (χ4n) is 11.9. The Hall–Kier alpha value is -11.4. The highest BCUT2D eigenvalue weighted by atomic mass is 32.2. The number of carboxylic acid groups (broad SMARTS) is 1. The van der Waals surface area contributed by atoms with E-state index in [2.05, 4.69) is 89.1 Å². The smallest absolute Gasteiger partial charge is 0.305 e. The van der Waals surface area contributed by atoms with Gasteiger partial charge in [-0.3, -0.25) is 81.9 Å². The molecule has 0 saturated carbocycles. The van der Waals surface area contributed by atoms with Crippen LogP contribution < -0.4 is 97.8 Å². The molecule has 3 aromatic rings. The van der Waals surface area contributed by atoms with E-state index >= 15 is 0 Å². The molecule has 2 heterocycles. The third-order valence-corrected chi connectivity index (χ3v) is 19.7. The second-order valence-corrected chi connectivity index (χ2v) is 30.3. The molecule has 0 bridgehead atoms. The van der Waals surface area contributed by atoms with Crippen molar-refractivity contribution in [3.05, 3.63) is 90.0 Å². The van der Waals surface area contributed by atoms with E-state index in [-0.39, 0.29) is 94.4 Å². The largest absolute Gasteiger partial charge is 0.481 e. The van der Waals surface area contributed by atoms with E-state index in [9.17, 15) is 77.0 Å². The highest BCUT2D eigenvalue weighted by Gasteiger charge is 2.40. The Morgan fingerprint density at radius 2 is 0.877 bits per heavy atom. The molecule has 1 fully saturated rings. The topological polar surface area (TPSA) is 616 Å². The number of amides is 14. The minimum Gasteiger partial charge on any atom is -0.481 e. The number of carbonyl (C=O) groups is 15. The number of aliphatic imine (C=N–C) groups is 2. The number of nitrogens with two attached hydrogens (primary N) is 5. The Morgan fingerprint density at radius 3 is 1.32 bits per heavy atom. The number of hydrogen-bond donors (Lipinski definition) is 20. The molecule has 1 saturated heterocycles. The van der Waals surface area contributed by atoms with Gasteiger partial charge in [0.1, 0.15) is 72.5 Å². The van der Waals surface area contributed by atoms with Crippen LogP contribution in [-0.4, -0.2) is 219 Å². The second-order valence-electron chi connectivity index (χ2n) is 29.2. The normalized spacial score (nSPS) is 23.7. The summed E-state index contributed by atoms with van der Waals surface area (Å²) in [6.45, 7) is 15.9. The number of nitrogens with one attached hydrogen (secondary N) is 14. The first kappa shape index (κ1) is 95.0. The number of H-pyrrole nitrogens is 1. The lowest BCUT2D eigenvalue weighted by Crippen LogP contribution is -2.63. The summed E-state index contributed by atoms with van der Waals surface area (Å²) in [5.41, 5.74) is 29.2. The van der Waals surface area contributed by atoms with Gasteiger partial charge in [0, 0.05) is 50.0 Å². The number of aromatic amines is 1. The monoisotopic (exact) mass is 1610 g/mol. The number of carboxylic acids is 1. The van der Waals surface area contributed by atoms with Gasteiger partial charge in [-0.1, -0.05) is 143 Å². The summed E-state index contributed by atoms with van der Waals surface area (Å²) in [6.07, 6.45) is 0.896. The highest BCUT2D eigenvalue weighted by Crippen LogP contribution is 2.18. The first-order chi connectivity index (χ1) is 53.9. The molecule has 4 rings (SSSR count). The number of rotatable bonds is 27. The summed E-state index contributed by atoms with van der Waals surface area (Å²) in [7, 11) is 0. The molecule has 0 radical (unpaired) electrons. The van der Waals surface area contributed by atoms with Crippen LogP contribution in [0.4, 0.5) is 0 Å². The minimum atomic E-state index is -1.99. The van der Waals surface area contributed by atoms with Gasteiger partial charge in [-0.05, 0) is 72.8 Å². The zero-order valence-electron chi connectivity index (χ0n) is 66.3. The first-order valence-corrected chi connectivity index (χ1v) is 39.2. The number of guanidine groups is 2. The van der Waals surface area contributed by atoms with Crippen LogP contribution in [0.25, 0.3) is 0 Å². The maximum atomic E-state index is 15.0. The van der Waals surface area contributed by atoms with Crippen molar-refractivity contribution in [2.75, 3.05) is 31.1 Å². The molecule has 114 heavy (non-hydrogen) atoms. The SMILES string of the molecule is CCC(C)C1NC(=O)C(CC(C)C)NC(=O)C(Cc2ccccc2)NC(=O)CSCC(C(=O)NCC(N)=O)NC(=O)C(CCCN=C(N)N)NC(=O)C(Cc2ccccc2)NC(=O)C(C(C)C)NC(=O)C(CCCN=C(N)N)NC(=O)C(CC(=O)O)NC(=O)C(Cc2cnc[nH]2)NC(=O)C(C(C)CC)NC(=O)C(C(C)C)NC1=O.